The Morgan fingerprint density at radius 1 is 1.06 bits per heavy atom. The van der Waals surface area contributed by atoms with E-state index in [4.69, 9.17) is 18.9 Å². The lowest BCUT2D eigenvalue weighted by Crippen LogP contribution is -2.37. The third-order valence-corrected chi connectivity index (χ3v) is 3.44. The third kappa shape index (κ3) is 3.91. The van der Waals surface area contributed by atoms with Crippen molar-refractivity contribution in [2.24, 2.45) is 0 Å². The van der Waals surface area contributed by atoms with Crippen LogP contribution in [0, 0.1) is 0 Å². The molecule has 2 rings (SSSR count). The molecule has 4 heteroatoms. The maximum absolute atomic E-state index is 5.80. The number of hydrogen-bond donors (Lipinski definition) is 0. The zero-order chi connectivity index (χ0) is 12.0. The van der Waals surface area contributed by atoms with Gasteiger partial charge in [0.05, 0.1) is 32.5 Å². The molecule has 0 radical (unpaired) electrons. The number of hydrogen-bond acceptors (Lipinski definition) is 4. The monoisotopic (exact) mass is 244 g/mol. The van der Waals surface area contributed by atoms with Crippen molar-refractivity contribution in [3.05, 3.63) is 0 Å². The molecule has 1 spiro atoms. The molecule has 4 nitrogen and oxygen atoms in total. The second kappa shape index (κ2) is 6.69. The SMILES string of the molecule is CCCOCCOC1CCC2(CC1)OCCO2. The molecular weight excluding hydrogens is 220 g/mol. The molecule has 17 heavy (non-hydrogen) atoms. The third-order valence-electron chi connectivity index (χ3n) is 3.44. The summed E-state index contributed by atoms with van der Waals surface area (Å²) in [6.07, 6.45) is 5.43. The van der Waals surface area contributed by atoms with Crippen LogP contribution >= 0.6 is 0 Å². The van der Waals surface area contributed by atoms with Gasteiger partial charge in [0.25, 0.3) is 0 Å². The zero-order valence-corrected chi connectivity index (χ0v) is 10.8. The van der Waals surface area contributed by atoms with Crippen molar-refractivity contribution >= 4 is 0 Å². The summed E-state index contributed by atoms with van der Waals surface area (Å²) in [4.78, 5) is 0. The normalized spacial score (nSPS) is 24.5. The van der Waals surface area contributed by atoms with Crippen LogP contribution in [0.2, 0.25) is 0 Å². The largest absolute Gasteiger partial charge is 0.379 e. The van der Waals surface area contributed by atoms with Gasteiger partial charge in [-0.25, -0.2) is 0 Å². The molecule has 1 saturated carbocycles. The van der Waals surface area contributed by atoms with E-state index in [-0.39, 0.29) is 5.79 Å². The molecule has 2 fully saturated rings. The lowest BCUT2D eigenvalue weighted by Gasteiger charge is -2.35. The van der Waals surface area contributed by atoms with E-state index in [2.05, 4.69) is 6.92 Å². The average Bonchev–Trinajstić information content (AvgIpc) is 2.80. The van der Waals surface area contributed by atoms with Crippen LogP contribution in [-0.4, -0.2) is 44.9 Å². The second-order valence-electron chi connectivity index (χ2n) is 4.79. The molecule has 0 aromatic carbocycles. The van der Waals surface area contributed by atoms with Gasteiger partial charge in [-0.05, 0) is 19.3 Å². The van der Waals surface area contributed by atoms with Crippen LogP contribution in [0.25, 0.3) is 0 Å². The van der Waals surface area contributed by atoms with E-state index in [1.807, 2.05) is 0 Å². The molecule has 1 aliphatic heterocycles. The summed E-state index contributed by atoms with van der Waals surface area (Å²) in [5, 5.41) is 0. The quantitative estimate of drug-likeness (QED) is 0.671. The van der Waals surface area contributed by atoms with Gasteiger partial charge in [0.1, 0.15) is 0 Å². The summed E-state index contributed by atoms with van der Waals surface area (Å²) >= 11 is 0. The maximum Gasteiger partial charge on any atom is 0.168 e. The summed E-state index contributed by atoms with van der Waals surface area (Å²) in [5.41, 5.74) is 0. The molecule has 0 atom stereocenters. The molecule has 0 N–H and O–H groups in total. The predicted molar refractivity (Wildman–Crippen MR) is 64.0 cm³/mol. The molecule has 100 valence electrons. The second-order valence-corrected chi connectivity index (χ2v) is 4.79. The first-order chi connectivity index (χ1) is 8.35. The Morgan fingerprint density at radius 2 is 1.76 bits per heavy atom. The Balaban J connectivity index is 1.56. The Hall–Kier alpha value is -0.160. The fourth-order valence-electron chi connectivity index (χ4n) is 2.50. The molecule has 1 heterocycles. The molecule has 1 saturated heterocycles. The lowest BCUT2D eigenvalue weighted by molar-refractivity contribution is -0.192. The minimum atomic E-state index is -0.265. The van der Waals surface area contributed by atoms with Crippen molar-refractivity contribution in [2.45, 2.75) is 50.9 Å². The van der Waals surface area contributed by atoms with E-state index < -0.39 is 0 Å². The van der Waals surface area contributed by atoms with Crippen molar-refractivity contribution in [2.75, 3.05) is 33.0 Å². The highest BCUT2D eigenvalue weighted by molar-refractivity contribution is 4.82. The molecule has 0 amide bonds. The Bertz CT molecular complexity index is 203. The van der Waals surface area contributed by atoms with Crippen LogP contribution in [-0.2, 0) is 18.9 Å². The molecule has 0 aromatic rings. The Morgan fingerprint density at radius 3 is 2.41 bits per heavy atom. The van der Waals surface area contributed by atoms with Crippen LogP contribution in [0.1, 0.15) is 39.0 Å². The highest BCUT2D eigenvalue weighted by Crippen LogP contribution is 2.36. The van der Waals surface area contributed by atoms with E-state index in [0.29, 0.717) is 19.3 Å². The van der Waals surface area contributed by atoms with Gasteiger partial charge >= 0.3 is 0 Å². The summed E-state index contributed by atoms with van der Waals surface area (Å²) in [6.45, 7) is 5.86. The van der Waals surface area contributed by atoms with Crippen molar-refractivity contribution in [1.82, 2.24) is 0 Å². The highest BCUT2D eigenvalue weighted by Gasteiger charge is 2.40. The molecule has 1 aliphatic carbocycles. The van der Waals surface area contributed by atoms with Crippen LogP contribution in [0.4, 0.5) is 0 Å². The van der Waals surface area contributed by atoms with Gasteiger partial charge in [-0.3, -0.25) is 0 Å². The minimum Gasteiger partial charge on any atom is -0.379 e. The standard InChI is InChI=1S/C13H24O4/c1-2-7-14-8-9-15-12-3-5-13(6-4-12)16-10-11-17-13/h12H,2-11H2,1H3. The summed E-state index contributed by atoms with van der Waals surface area (Å²) in [6, 6.07) is 0. The predicted octanol–water partition coefficient (Wildman–Crippen LogP) is 2.12. The zero-order valence-electron chi connectivity index (χ0n) is 10.8. The van der Waals surface area contributed by atoms with Crippen LogP contribution in [0.3, 0.4) is 0 Å². The van der Waals surface area contributed by atoms with Gasteiger partial charge in [0.15, 0.2) is 5.79 Å². The van der Waals surface area contributed by atoms with Gasteiger partial charge in [0, 0.05) is 19.4 Å². The van der Waals surface area contributed by atoms with Crippen LogP contribution in [0.15, 0.2) is 0 Å². The first kappa shape index (κ1) is 13.3. The van der Waals surface area contributed by atoms with Gasteiger partial charge in [-0.15, -0.1) is 0 Å². The van der Waals surface area contributed by atoms with E-state index in [1.165, 1.54) is 0 Å². The molecule has 2 aliphatic rings. The van der Waals surface area contributed by atoms with E-state index in [1.54, 1.807) is 0 Å². The van der Waals surface area contributed by atoms with E-state index >= 15 is 0 Å². The summed E-state index contributed by atoms with van der Waals surface area (Å²) in [5.74, 6) is -0.265. The van der Waals surface area contributed by atoms with Crippen molar-refractivity contribution in [3.8, 4) is 0 Å². The summed E-state index contributed by atoms with van der Waals surface area (Å²) < 4.78 is 22.6. The van der Waals surface area contributed by atoms with Crippen LogP contribution < -0.4 is 0 Å². The van der Waals surface area contributed by atoms with Crippen LogP contribution in [0.5, 0.6) is 0 Å². The van der Waals surface area contributed by atoms with E-state index in [0.717, 1.165) is 51.9 Å². The molecule has 0 unspecified atom stereocenters. The van der Waals surface area contributed by atoms with Gasteiger partial charge in [-0.2, -0.15) is 0 Å². The average molecular weight is 244 g/mol. The lowest BCUT2D eigenvalue weighted by atomic mass is 9.92. The van der Waals surface area contributed by atoms with Crippen molar-refractivity contribution < 1.29 is 18.9 Å². The smallest absolute Gasteiger partial charge is 0.168 e. The number of ether oxygens (including phenoxy) is 4. The number of rotatable bonds is 6. The summed E-state index contributed by atoms with van der Waals surface area (Å²) in [7, 11) is 0. The molecule has 0 aromatic heterocycles. The van der Waals surface area contributed by atoms with E-state index in [9.17, 15) is 0 Å². The first-order valence-electron chi connectivity index (χ1n) is 6.82. The fraction of sp³-hybridized carbons (Fsp3) is 1.00. The van der Waals surface area contributed by atoms with Crippen molar-refractivity contribution in [1.29, 1.82) is 0 Å². The highest BCUT2D eigenvalue weighted by atomic mass is 16.7. The Kier molecular flexibility index (Phi) is 5.22. The van der Waals surface area contributed by atoms with Gasteiger partial charge < -0.3 is 18.9 Å². The van der Waals surface area contributed by atoms with Gasteiger partial charge in [0.2, 0.25) is 0 Å². The minimum absolute atomic E-state index is 0.265. The Labute approximate surface area is 104 Å². The maximum atomic E-state index is 5.80. The van der Waals surface area contributed by atoms with Crippen molar-refractivity contribution in [3.63, 3.8) is 0 Å². The topological polar surface area (TPSA) is 36.9 Å². The molecule has 0 bridgehead atoms. The van der Waals surface area contributed by atoms with Gasteiger partial charge in [-0.1, -0.05) is 6.92 Å². The first-order valence-corrected chi connectivity index (χ1v) is 6.82. The fourth-order valence-corrected chi connectivity index (χ4v) is 2.50. The molecular formula is C13H24O4.